The molecular weight excluding hydrogens is 560 g/mol. The number of aliphatic hydroxyl groups excluding tert-OH is 1. The van der Waals surface area contributed by atoms with Crippen LogP contribution in [0, 0.1) is 34.5 Å². The average molecular weight is 598 g/mol. The first-order valence-electron chi connectivity index (χ1n) is 14.4. The van der Waals surface area contributed by atoms with Crippen molar-refractivity contribution in [1.82, 2.24) is 9.78 Å². The Morgan fingerprint density at radius 1 is 1.10 bits per heavy atom. The summed E-state index contributed by atoms with van der Waals surface area (Å²) in [5.41, 5.74) is 3.90. The Kier molecular flexibility index (Phi) is 5.34. The topological polar surface area (TPSA) is 75.0 Å². The van der Waals surface area contributed by atoms with E-state index in [1.807, 2.05) is 4.68 Å². The number of fused-ring (bicyclic) bond motifs is 8. The highest BCUT2D eigenvalue weighted by atomic mass is 79.9. The lowest BCUT2D eigenvalue weighted by Gasteiger charge is -2.62. The first-order chi connectivity index (χ1) is 18.7. The number of aromatic nitrogens is 2. The number of hydrogen-bond donors (Lipinski definition) is 1. The van der Waals surface area contributed by atoms with Crippen LogP contribution in [0.2, 0.25) is 0 Å². The van der Waals surface area contributed by atoms with Crippen molar-refractivity contribution in [2.75, 3.05) is 20.2 Å². The Morgan fingerprint density at radius 3 is 2.67 bits per heavy atom. The number of hydrogen-bond acceptors (Lipinski definition) is 6. The third kappa shape index (κ3) is 3.14. The van der Waals surface area contributed by atoms with E-state index in [0.717, 1.165) is 41.5 Å². The molecule has 1 aromatic carbocycles. The van der Waals surface area contributed by atoms with Gasteiger partial charge in [-0.1, -0.05) is 42.3 Å². The Labute approximate surface area is 238 Å². The second kappa shape index (κ2) is 8.26. The molecule has 0 bridgehead atoms. The van der Waals surface area contributed by atoms with Crippen molar-refractivity contribution in [2.24, 2.45) is 34.5 Å². The first-order valence-corrected chi connectivity index (χ1v) is 15.2. The lowest BCUT2D eigenvalue weighted by atomic mass is 9.43. The molecule has 1 N–H and O–H groups in total. The molecule has 2 aliphatic heterocycles. The highest BCUT2D eigenvalue weighted by Crippen LogP contribution is 2.72. The van der Waals surface area contributed by atoms with E-state index >= 15 is 0 Å². The van der Waals surface area contributed by atoms with Gasteiger partial charge in [-0.15, -0.1) is 0 Å². The molecule has 3 saturated carbocycles. The van der Waals surface area contributed by atoms with Gasteiger partial charge in [0.2, 0.25) is 5.79 Å². The van der Waals surface area contributed by atoms with Gasteiger partial charge in [-0.25, -0.2) is 4.68 Å². The molecule has 1 aromatic heterocycles. The minimum Gasteiger partial charge on any atom is -0.393 e. The highest BCUT2D eigenvalue weighted by Gasteiger charge is 2.77. The number of benzene rings is 1. The zero-order valence-electron chi connectivity index (χ0n) is 22.9. The van der Waals surface area contributed by atoms with Gasteiger partial charge in [0, 0.05) is 16.1 Å². The van der Waals surface area contributed by atoms with Crippen LogP contribution in [0.15, 0.2) is 40.5 Å². The molecule has 8 rings (SSSR count). The summed E-state index contributed by atoms with van der Waals surface area (Å²) in [5, 5.41) is 17.1. The maximum absolute atomic E-state index is 12.1. The maximum Gasteiger partial charge on any atom is 0.226 e. The van der Waals surface area contributed by atoms with Gasteiger partial charge >= 0.3 is 0 Å². The van der Waals surface area contributed by atoms with E-state index in [0.29, 0.717) is 30.8 Å². The van der Waals surface area contributed by atoms with Crippen LogP contribution >= 0.6 is 15.9 Å². The molecule has 3 heterocycles. The smallest absolute Gasteiger partial charge is 0.226 e. The van der Waals surface area contributed by atoms with Crippen LogP contribution in [0.5, 0.6) is 0 Å². The zero-order valence-corrected chi connectivity index (χ0v) is 24.4. The van der Waals surface area contributed by atoms with Gasteiger partial charge in [0.15, 0.2) is 13.6 Å². The molecule has 1 unspecified atom stereocenters. The van der Waals surface area contributed by atoms with Crippen LogP contribution in [0.4, 0.5) is 0 Å². The van der Waals surface area contributed by atoms with Crippen molar-refractivity contribution in [2.45, 2.75) is 70.4 Å². The average Bonchev–Trinajstić information content (AvgIpc) is 3.67. The summed E-state index contributed by atoms with van der Waals surface area (Å²) in [6, 6.07) is 8.28. The van der Waals surface area contributed by atoms with Gasteiger partial charge in [-0.3, -0.25) is 0 Å². The Balaban J connectivity index is 1.17. The third-order valence-corrected chi connectivity index (χ3v) is 12.3. The van der Waals surface area contributed by atoms with Crippen LogP contribution in [-0.4, -0.2) is 52.6 Å². The van der Waals surface area contributed by atoms with Crippen molar-refractivity contribution in [3.8, 4) is 5.69 Å². The first kappa shape index (κ1) is 25.2. The number of halogens is 1. The fraction of sp³-hybridized carbons (Fsp3) is 0.645. The van der Waals surface area contributed by atoms with Gasteiger partial charge in [0.25, 0.3) is 0 Å². The van der Waals surface area contributed by atoms with Crippen LogP contribution in [0.3, 0.4) is 0 Å². The van der Waals surface area contributed by atoms with E-state index < -0.39 is 17.5 Å². The lowest BCUT2D eigenvalue weighted by molar-refractivity contribution is -0.258. The number of allylic oxidation sites excluding steroid dienone is 1. The summed E-state index contributed by atoms with van der Waals surface area (Å²) in [6.45, 7) is 7.98. The SMILES string of the molecule is C[C@H]1C[C@@H]2[C@H]([C@@H](O)C[C@@]3(C)[C@H]2CC[C@@]32OCOC23COCO3)[C@@]2(C)Cc3cn(-c4ccc(Br)cc4)nc3C=C12. The van der Waals surface area contributed by atoms with E-state index in [1.54, 1.807) is 0 Å². The standard InChI is InChI=1S/C31H37BrN2O5/c1-18-10-22-23-8-9-30(31(39-17-37-30)15-36-16-38-31)29(23,3)13-26(35)27(22)28(2)12-19-14-34(33-25(19)11-24(18)28)21-6-4-20(32)5-7-21/h4-7,11,14,18,22-23,26-27,35H,8-10,12-13,15-17H2,1-3H3/t18-,22-,23-,26-,27+,28-,29-,30+,31?/m0/s1. The largest absolute Gasteiger partial charge is 0.393 e. The summed E-state index contributed by atoms with van der Waals surface area (Å²) in [6.07, 6.45) is 8.72. The summed E-state index contributed by atoms with van der Waals surface area (Å²) >= 11 is 3.54. The summed E-state index contributed by atoms with van der Waals surface area (Å²) in [5.74, 6) is 0.591. The van der Waals surface area contributed by atoms with E-state index in [4.69, 9.17) is 24.0 Å². The Hall–Kier alpha value is -1.55. The van der Waals surface area contributed by atoms with Crippen LogP contribution in [0.25, 0.3) is 11.8 Å². The van der Waals surface area contributed by atoms with Crippen LogP contribution < -0.4 is 0 Å². The van der Waals surface area contributed by atoms with E-state index in [-0.39, 0.29) is 30.3 Å². The van der Waals surface area contributed by atoms with Crippen LogP contribution in [-0.2, 0) is 25.4 Å². The third-order valence-electron chi connectivity index (χ3n) is 11.8. The molecule has 2 aromatic rings. The second-order valence-corrected chi connectivity index (χ2v) is 14.3. The Bertz CT molecular complexity index is 1350. The number of rotatable bonds is 1. The Morgan fingerprint density at radius 2 is 1.90 bits per heavy atom. The summed E-state index contributed by atoms with van der Waals surface area (Å²) < 4.78 is 27.6. The van der Waals surface area contributed by atoms with Gasteiger partial charge in [-0.2, -0.15) is 5.10 Å². The fourth-order valence-electron chi connectivity index (χ4n) is 10.3. The van der Waals surface area contributed by atoms with E-state index in [9.17, 15) is 5.11 Å². The molecule has 0 amide bonds. The number of nitrogens with zero attached hydrogens (tertiary/aromatic N) is 2. The van der Waals surface area contributed by atoms with Crippen molar-refractivity contribution in [3.05, 3.63) is 51.8 Å². The highest BCUT2D eigenvalue weighted by molar-refractivity contribution is 9.10. The zero-order chi connectivity index (χ0) is 26.8. The van der Waals surface area contributed by atoms with Crippen LogP contribution in [0.1, 0.15) is 57.7 Å². The summed E-state index contributed by atoms with van der Waals surface area (Å²) in [7, 11) is 0. The molecule has 2 saturated heterocycles. The molecule has 208 valence electrons. The van der Waals surface area contributed by atoms with Crippen molar-refractivity contribution < 1.29 is 24.1 Å². The van der Waals surface area contributed by atoms with Gasteiger partial charge in [-0.05, 0) is 97.1 Å². The van der Waals surface area contributed by atoms with E-state index in [1.165, 1.54) is 11.1 Å². The van der Waals surface area contributed by atoms with Gasteiger partial charge in [0.05, 0.1) is 17.5 Å². The quantitative estimate of drug-likeness (QED) is 0.470. The fourth-order valence-corrected chi connectivity index (χ4v) is 10.6. The van der Waals surface area contributed by atoms with Gasteiger partial charge in [0.1, 0.15) is 12.2 Å². The number of aliphatic hydroxyl groups is 1. The summed E-state index contributed by atoms with van der Waals surface area (Å²) in [4.78, 5) is 0. The minimum absolute atomic E-state index is 0.114. The molecule has 2 spiro atoms. The molecule has 7 nitrogen and oxygen atoms in total. The normalized spacial score (nSPS) is 46.2. The molecule has 8 heteroatoms. The predicted molar refractivity (Wildman–Crippen MR) is 148 cm³/mol. The molecule has 39 heavy (non-hydrogen) atoms. The second-order valence-electron chi connectivity index (χ2n) is 13.4. The lowest BCUT2D eigenvalue weighted by Crippen LogP contribution is -2.66. The van der Waals surface area contributed by atoms with Gasteiger partial charge < -0.3 is 24.1 Å². The van der Waals surface area contributed by atoms with Crippen molar-refractivity contribution in [3.63, 3.8) is 0 Å². The van der Waals surface area contributed by atoms with Crippen molar-refractivity contribution >= 4 is 22.0 Å². The number of ether oxygens (including phenoxy) is 4. The van der Waals surface area contributed by atoms with E-state index in [2.05, 4.69) is 73.2 Å². The minimum atomic E-state index is -0.861. The molecule has 6 aliphatic rings. The molecule has 5 fully saturated rings. The monoisotopic (exact) mass is 596 g/mol. The predicted octanol–water partition coefficient (Wildman–Crippen LogP) is 5.48. The molecule has 0 radical (unpaired) electrons. The maximum atomic E-state index is 12.1. The molecule has 9 atom stereocenters. The molecular formula is C31H37BrN2O5. The molecule has 4 aliphatic carbocycles. The van der Waals surface area contributed by atoms with Crippen molar-refractivity contribution in [1.29, 1.82) is 0 Å².